The van der Waals surface area contributed by atoms with Gasteiger partial charge in [0, 0.05) is 0 Å². The van der Waals surface area contributed by atoms with E-state index in [9.17, 15) is 29.4 Å². The van der Waals surface area contributed by atoms with Crippen LogP contribution in [0.15, 0.2) is 0 Å². The number of aliphatic hydroxyl groups excluding tert-OH is 2. The van der Waals surface area contributed by atoms with E-state index in [-0.39, 0.29) is 23.7 Å². The molecule has 0 spiro atoms. The Bertz CT molecular complexity index is 850. The fraction of sp³-hybridized carbons (Fsp3) is 0.875. The molecular weight excluding hydrogens is 568 g/mol. The van der Waals surface area contributed by atoms with E-state index in [0.29, 0.717) is 12.8 Å². The SMILES string of the molecule is CC(C)C[C@H](NC(=O)[C@@H](NC(=O)OC(C)(C)C)C(C)C)[C@H](O)[C@@H](O)[C@H](CC(C)C)NC(=O)[C@@H](NC(=O)OC(C)(C)C)C(C)C. The maximum atomic E-state index is 13.4. The molecule has 6 N–H and O–H groups in total. The number of rotatable bonds is 15. The van der Waals surface area contributed by atoms with Crippen molar-refractivity contribution >= 4 is 24.0 Å². The molecule has 0 bridgehead atoms. The number of nitrogens with one attached hydrogen (secondary N) is 4. The van der Waals surface area contributed by atoms with Crippen LogP contribution in [0.3, 0.4) is 0 Å². The summed E-state index contributed by atoms with van der Waals surface area (Å²) in [7, 11) is 0. The van der Waals surface area contributed by atoms with Crippen LogP contribution in [0.25, 0.3) is 0 Å². The normalized spacial score (nSPS) is 16.5. The van der Waals surface area contributed by atoms with E-state index in [4.69, 9.17) is 9.47 Å². The molecule has 0 saturated carbocycles. The van der Waals surface area contributed by atoms with Crippen molar-refractivity contribution in [2.75, 3.05) is 0 Å². The Labute approximate surface area is 265 Å². The lowest BCUT2D eigenvalue weighted by Crippen LogP contribution is -2.61. The fourth-order valence-corrected chi connectivity index (χ4v) is 4.54. The van der Waals surface area contributed by atoms with Gasteiger partial charge in [0.2, 0.25) is 11.8 Å². The first kappa shape index (κ1) is 41.4. The number of aliphatic hydroxyl groups is 2. The topological polar surface area (TPSA) is 175 Å². The van der Waals surface area contributed by atoms with Crippen molar-refractivity contribution in [2.45, 2.75) is 157 Å². The smallest absolute Gasteiger partial charge is 0.408 e. The monoisotopic (exact) mass is 630 g/mol. The third-order valence-electron chi connectivity index (χ3n) is 6.52. The Balaban J connectivity index is 6.02. The van der Waals surface area contributed by atoms with E-state index in [1.54, 1.807) is 69.2 Å². The van der Waals surface area contributed by atoms with Crippen molar-refractivity contribution in [1.82, 2.24) is 21.3 Å². The van der Waals surface area contributed by atoms with Gasteiger partial charge in [0.1, 0.15) is 35.5 Å². The van der Waals surface area contributed by atoms with E-state index in [1.165, 1.54) is 0 Å². The third kappa shape index (κ3) is 16.5. The van der Waals surface area contributed by atoms with Crippen molar-refractivity contribution in [2.24, 2.45) is 23.7 Å². The standard InChI is InChI=1S/C32H62N4O8/c1-17(2)15-21(33-27(39)23(19(5)6)35-29(41)43-31(9,10)11)25(37)26(38)22(16-18(3)4)34-28(40)24(20(7)8)36-30(42)44-32(12,13)14/h17-26,37-38H,15-16H2,1-14H3,(H,33,39)(H,34,40)(H,35,41)(H,36,42)/t21-,22-,23-,24-,25-,26-/m0/s1. The number of carbonyl (C=O) groups excluding carboxylic acids is 4. The summed E-state index contributed by atoms with van der Waals surface area (Å²) >= 11 is 0. The lowest BCUT2D eigenvalue weighted by Gasteiger charge is -2.36. The van der Waals surface area contributed by atoms with Gasteiger partial charge in [-0.25, -0.2) is 9.59 Å². The highest BCUT2D eigenvalue weighted by Crippen LogP contribution is 2.19. The van der Waals surface area contributed by atoms with Gasteiger partial charge in [0.05, 0.1) is 12.1 Å². The van der Waals surface area contributed by atoms with Gasteiger partial charge in [-0.05, 0) is 78.1 Å². The zero-order valence-electron chi connectivity index (χ0n) is 29.5. The summed E-state index contributed by atoms with van der Waals surface area (Å²) in [5, 5.41) is 33.7. The molecule has 0 fully saturated rings. The molecule has 0 heterocycles. The summed E-state index contributed by atoms with van der Waals surface area (Å²) < 4.78 is 10.6. The largest absolute Gasteiger partial charge is 0.444 e. The van der Waals surface area contributed by atoms with Crippen LogP contribution >= 0.6 is 0 Å². The molecule has 6 atom stereocenters. The maximum absolute atomic E-state index is 13.4. The molecule has 12 nitrogen and oxygen atoms in total. The number of hydrogen-bond donors (Lipinski definition) is 6. The lowest BCUT2D eigenvalue weighted by molar-refractivity contribution is -0.129. The predicted octanol–water partition coefficient (Wildman–Crippen LogP) is 3.87. The van der Waals surface area contributed by atoms with Crippen LogP contribution in [0, 0.1) is 23.7 Å². The Morgan fingerprint density at radius 3 is 1.02 bits per heavy atom. The predicted molar refractivity (Wildman–Crippen MR) is 171 cm³/mol. The van der Waals surface area contributed by atoms with Crippen LogP contribution < -0.4 is 21.3 Å². The molecule has 258 valence electrons. The molecule has 12 heteroatoms. The molecule has 0 radical (unpaired) electrons. The van der Waals surface area contributed by atoms with Crippen molar-refractivity contribution in [3.63, 3.8) is 0 Å². The van der Waals surface area contributed by atoms with Crippen molar-refractivity contribution in [3.05, 3.63) is 0 Å². The van der Waals surface area contributed by atoms with Gasteiger partial charge in [-0.2, -0.15) is 0 Å². The quantitative estimate of drug-likeness (QED) is 0.158. The minimum Gasteiger partial charge on any atom is -0.444 e. The first-order valence-electron chi connectivity index (χ1n) is 15.8. The molecule has 0 aliphatic rings. The van der Waals surface area contributed by atoms with Gasteiger partial charge in [-0.15, -0.1) is 0 Å². The van der Waals surface area contributed by atoms with Gasteiger partial charge in [0.15, 0.2) is 0 Å². The molecule has 4 amide bonds. The third-order valence-corrected chi connectivity index (χ3v) is 6.52. The van der Waals surface area contributed by atoms with Gasteiger partial charge in [-0.3, -0.25) is 9.59 Å². The van der Waals surface area contributed by atoms with E-state index in [2.05, 4.69) is 21.3 Å². The van der Waals surface area contributed by atoms with E-state index in [1.807, 2.05) is 27.7 Å². The van der Waals surface area contributed by atoms with Crippen LogP contribution in [0.1, 0.15) is 110 Å². The molecular formula is C32H62N4O8. The number of ether oxygens (including phenoxy) is 2. The van der Waals surface area contributed by atoms with Crippen LogP contribution in [0.4, 0.5) is 9.59 Å². The Hall–Kier alpha value is -2.60. The molecule has 0 unspecified atom stereocenters. The number of hydrogen-bond acceptors (Lipinski definition) is 8. The minimum absolute atomic E-state index is 0.0277. The van der Waals surface area contributed by atoms with E-state index >= 15 is 0 Å². The van der Waals surface area contributed by atoms with Gasteiger partial charge < -0.3 is 41.0 Å². The summed E-state index contributed by atoms with van der Waals surface area (Å²) in [4.78, 5) is 51.7. The average molecular weight is 631 g/mol. The Morgan fingerprint density at radius 1 is 0.545 bits per heavy atom. The molecule has 0 aliphatic heterocycles. The first-order chi connectivity index (χ1) is 19.8. The highest BCUT2D eigenvalue weighted by molar-refractivity contribution is 5.87. The first-order valence-corrected chi connectivity index (χ1v) is 15.8. The number of amides is 4. The molecule has 0 aromatic rings. The summed E-state index contributed by atoms with van der Waals surface area (Å²) in [5.41, 5.74) is -1.51. The van der Waals surface area contributed by atoms with Gasteiger partial charge >= 0.3 is 12.2 Å². The molecule has 0 aromatic carbocycles. The molecule has 44 heavy (non-hydrogen) atoms. The minimum atomic E-state index is -1.46. The summed E-state index contributed by atoms with van der Waals surface area (Å²) in [6.07, 6.45) is -3.78. The van der Waals surface area contributed by atoms with Crippen LogP contribution in [-0.4, -0.2) is 81.8 Å². The maximum Gasteiger partial charge on any atom is 0.408 e. The fourth-order valence-electron chi connectivity index (χ4n) is 4.54. The summed E-state index contributed by atoms with van der Waals surface area (Å²) in [6.45, 7) is 25.1. The average Bonchev–Trinajstić information content (AvgIpc) is 2.80. The second-order valence-electron chi connectivity index (χ2n) is 15.2. The van der Waals surface area contributed by atoms with Crippen molar-refractivity contribution in [3.8, 4) is 0 Å². The van der Waals surface area contributed by atoms with Crippen LogP contribution in [0.2, 0.25) is 0 Å². The van der Waals surface area contributed by atoms with Gasteiger partial charge in [0.25, 0.3) is 0 Å². The second-order valence-corrected chi connectivity index (χ2v) is 15.2. The number of alkyl carbamates (subject to hydrolysis) is 2. The van der Waals surface area contributed by atoms with Crippen molar-refractivity contribution < 1.29 is 38.9 Å². The zero-order chi connectivity index (χ0) is 34.7. The van der Waals surface area contributed by atoms with Gasteiger partial charge in [-0.1, -0.05) is 55.4 Å². The van der Waals surface area contributed by atoms with Crippen LogP contribution in [-0.2, 0) is 19.1 Å². The summed E-state index contributed by atoms with van der Waals surface area (Å²) in [6, 6.07) is -3.71. The van der Waals surface area contributed by atoms with E-state index < -0.39 is 71.6 Å². The van der Waals surface area contributed by atoms with Crippen molar-refractivity contribution in [1.29, 1.82) is 0 Å². The molecule has 0 rings (SSSR count). The van der Waals surface area contributed by atoms with E-state index in [0.717, 1.165) is 0 Å². The zero-order valence-corrected chi connectivity index (χ0v) is 29.5. The highest BCUT2D eigenvalue weighted by Gasteiger charge is 2.38. The molecule has 0 aliphatic carbocycles. The van der Waals surface area contributed by atoms with Crippen LogP contribution in [0.5, 0.6) is 0 Å². The highest BCUT2D eigenvalue weighted by atomic mass is 16.6. The molecule has 0 saturated heterocycles. The Kier molecular flexibility index (Phi) is 16.7. The second kappa shape index (κ2) is 17.8. The number of carbonyl (C=O) groups is 4. The lowest BCUT2D eigenvalue weighted by atomic mass is 9.88. The summed E-state index contributed by atoms with van der Waals surface area (Å²) in [5.74, 6) is -1.62. The Morgan fingerprint density at radius 2 is 0.818 bits per heavy atom. The molecule has 0 aromatic heterocycles.